The van der Waals surface area contributed by atoms with Crippen molar-refractivity contribution in [1.29, 1.82) is 0 Å². The molecule has 0 heterocycles. The lowest BCUT2D eigenvalue weighted by Gasteiger charge is -2.03. The Morgan fingerprint density at radius 3 is 2.11 bits per heavy atom. The summed E-state index contributed by atoms with van der Waals surface area (Å²) in [6.45, 7) is -0.428. The van der Waals surface area contributed by atoms with Crippen LogP contribution in [0.1, 0.15) is 20.7 Å². The standard InChI is InChI=1S/C10H9NO7/c12-5-6-17-9(13)7-1-3-8(4-2-7)10(14)18-11(15)16/h1-4,12H,5-6H2. The number of ether oxygens (including phenoxy) is 1. The number of hydrogen-bond donors (Lipinski definition) is 1. The van der Waals surface area contributed by atoms with Gasteiger partial charge in [-0.1, -0.05) is 0 Å². The lowest BCUT2D eigenvalue weighted by molar-refractivity contribution is -0.727. The summed E-state index contributed by atoms with van der Waals surface area (Å²) in [7, 11) is 0. The Labute approximate surface area is 101 Å². The first kappa shape index (κ1) is 13.6. The van der Waals surface area contributed by atoms with Crippen LogP contribution in [-0.4, -0.2) is 35.3 Å². The number of esters is 1. The van der Waals surface area contributed by atoms with Gasteiger partial charge >= 0.3 is 17.0 Å². The average Bonchev–Trinajstić information content (AvgIpc) is 2.35. The molecule has 8 heteroatoms. The van der Waals surface area contributed by atoms with Crippen molar-refractivity contribution >= 4 is 11.9 Å². The molecule has 0 aromatic heterocycles. The van der Waals surface area contributed by atoms with Crippen molar-refractivity contribution in [1.82, 2.24) is 0 Å². The van der Waals surface area contributed by atoms with Crippen LogP contribution in [0.2, 0.25) is 0 Å². The van der Waals surface area contributed by atoms with Crippen LogP contribution in [0.3, 0.4) is 0 Å². The lowest BCUT2D eigenvalue weighted by Crippen LogP contribution is -2.12. The number of aliphatic hydroxyl groups excluding tert-OH is 1. The molecule has 0 amide bonds. The predicted octanol–water partition coefficient (Wildman–Crippen LogP) is 0.184. The summed E-state index contributed by atoms with van der Waals surface area (Å²) in [6, 6.07) is 4.91. The van der Waals surface area contributed by atoms with E-state index in [1.165, 1.54) is 24.3 Å². The van der Waals surface area contributed by atoms with Crippen molar-refractivity contribution in [3.63, 3.8) is 0 Å². The third-order valence-corrected chi connectivity index (χ3v) is 1.84. The minimum Gasteiger partial charge on any atom is -0.460 e. The fourth-order valence-electron chi connectivity index (χ4n) is 1.08. The number of benzene rings is 1. The third-order valence-electron chi connectivity index (χ3n) is 1.84. The summed E-state index contributed by atoms with van der Waals surface area (Å²) in [5.41, 5.74) is 0.0894. The Morgan fingerprint density at radius 1 is 1.17 bits per heavy atom. The first-order valence-electron chi connectivity index (χ1n) is 4.79. The van der Waals surface area contributed by atoms with Crippen LogP contribution < -0.4 is 0 Å². The minimum absolute atomic E-state index is 0.0644. The zero-order valence-corrected chi connectivity index (χ0v) is 9.07. The maximum atomic E-state index is 11.3. The molecule has 0 aliphatic heterocycles. The Hall–Kier alpha value is -2.48. The van der Waals surface area contributed by atoms with Crippen molar-refractivity contribution in [2.75, 3.05) is 13.2 Å². The van der Waals surface area contributed by atoms with Crippen molar-refractivity contribution in [2.24, 2.45) is 0 Å². The van der Waals surface area contributed by atoms with E-state index in [-0.39, 0.29) is 24.3 Å². The van der Waals surface area contributed by atoms with Crippen molar-refractivity contribution in [3.8, 4) is 0 Å². The molecule has 1 aromatic rings. The van der Waals surface area contributed by atoms with E-state index in [9.17, 15) is 19.7 Å². The quantitative estimate of drug-likeness (QED) is 0.453. The van der Waals surface area contributed by atoms with E-state index in [0.29, 0.717) is 0 Å². The average molecular weight is 255 g/mol. The highest BCUT2D eigenvalue weighted by Crippen LogP contribution is 2.07. The van der Waals surface area contributed by atoms with Crippen molar-refractivity contribution in [3.05, 3.63) is 45.5 Å². The second-order valence-electron chi connectivity index (χ2n) is 3.04. The highest BCUT2D eigenvalue weighted by Gasteiger charge is 2.12. The fourth-order valence-corrected chi connectivity index (χ4v) is 1.08. The molecule has 0 unspecified atom stereocenters. The molecule has 0 fully saturated rings. The number of aliphatic hydroxyl groups is 1. The number of nitrogens with zero attached hydrogens (tertiary/aromatic N) is 1. The molecule has 0 atom stereocenters. The normalized spacial score (nSPS) is 9.61. The van der Waals surface area contributed by atoms with Crippen molar-refractivity contribution in [2.45, 2.75) is 0 Å². The molecule has 18 heavy (non-hydrogen) atoms. The van der Waals surface area contributed by atoms with Crippen LogP contribution in [-0.2, 0) is 9.57 Å². The molecule has 0 spiro atoms. The number of rotatable bonds is 5. The zero-order chi connectivity index (χ0) is 13.5. The monoisotopic (exact) mass is 255 g/mol. The Kier molecular flexibility index (Phi) is 4.76. The van der Waals surface area contributed by atoms with Crippen LogP contribution in [0.15, 0.2) is 24.3 Å². The van der Waals surface area contributed by atoms with Gasteiger partial charge in [-0.2, -0.15) is 0 Å². The third kappa shape index (κ3) is 3.83. The fraction of sp³-hybridized carbons (Fsp3) is 0.200. The molecule has 1 rings (SSSR count). The zero-order valence-electron chi connectivity index (χ0n) is 9.07. The summed E-state index contributed by atoms with van der Waals surface area (Å²) in [4.78, 5) is 36.1. The van der Waals surface area contributed by atoms with Gasteiger partial charge in [-0.05, 0) is 24.3 Å². The van der Waals surface area contributed by atoms with Gasteiger partial charge in [-0.25, -0.2) is 9.63 Å². The topological polar surface area (TPSA) is 116 Å². The van der Waals surface area contributed by atoms with E-state index in [4.69, 9.17) is 5.11 Å². The Bertz CT molecular complexity index is 454. The van der Waals surface area contributed by atoms with Gasteiger partial charge in [-0.3, -0.25) is 4.79 Å². The number of hydrogen-bond acceptors (Lipinski definition) is 7. The first-order chi connectivity index (χ1) is 8.54. The summed E-state index contributed by atoms with van der Waals surface area (Å²) >= 11 is 0. The smallest absolute Gasteiger partial charge is 0.338 e. The summed E-state index contributed by atoms with van der Waals surface area (Å²) in [5, 5.41) is 17.2. The molecule has 8 nitrogen and oxygen atoms in total. The first-order valence-corrected chi connectivity index (χ1v) is 4.79. The van der Waals surface area contributed by atoms with Crippen molar-refractivity contribution < 1.29 is 29.4 Å². The second-order valence-corrected chi connectivity index (χ2v) is 3.04. The lowest BCUT2D eigenvalue weighted by atomic mass is 10.1. The van der Waals surface area contributed by atoms with Gasteiger partial charge in [0, 0.05) is 5.56 Å². The van der Waals surface area contributed by atoms with Gasteiger partial charge in [0.25, 0.3) is 0 Å². The molecule has 1 N–H and O–H groups in total. The second kappa shape index (κ2) is 6.30. The SMILES string of the molecule is O=C(OCCO)c1ccc(C(=O)O[N+](=O)[O-])cc1. The number of carbonyl (C=O) groups is 2. The van der Waals surface area contributed by atoms with Crippen LogP contribution >= 0.6 is 0 Å². The Morgan fingerprint density at radius 2 is 1.67 bits per heavy atom. The molecule has 0 saturated carbocycles. The van der Waals surface area contributed by atoms with Gasteiger partial charge in [0.2, 0.25) is 0 Å². The number of carbonyl (C=O) groups excluding carboxylic acids is 2. The van der Waals surface area contributed by atoms with E-state index in [0.717, 1.165) is 0 Å². The molecule has 0 bridgehead atoms. The predicted molar refractivity (Wildman–Crippen MR) is 56.2 cm³/mol. The largest absolute Gasteiger partial charge is 0.460 e. The molecular formula is C10H9NO7. The van der Waals surface area contributed by atoms with Gasteiger partial charge in [0.05, 0.1) is 12.2 Å². The van der Waals surface area contributed by atoms with Crippen LogP contribution in [0, 0.1) is 10.1 Å². The van der Waals surface area contributed by atoms with Gasteiger partial charge in [0.1, 0.15) is 6.61 Å². The highest BCUT2D eigenvalue weighted by molar-refractivity contribution is 5.93. The van der Waals surface area contributed by atoms with Crippen LogP contribution in [0.4, 0.5) is 0 Å². The minimum atomic E-state index is -1.22. The highest BCUT2D eigenvalue weighted by atomic mass is 17.0. The van der Waals surface area contributed by atoms with Crippen LogP contribution in [0.5, 0.6) is 0 Å². The van der Waals surface area contributed by atoms with Gasteiger partial charge in [-0.15, -0.1) is 10.1 Å². The summed E-state index contributed by atoms with van der Waals surface area (Å²) in [5.74, 6) is -1.80. The summed E-state index contributed by atoms with van der Waals surface area (Å²) < 4.78 is 4.63. The maximum Gasteiger partial charge on any atom is 0.338 e. The van der Waals surface area contributed by atoms with E-state index in [1.54, 1.807) is 0 Å². The Balaban J connectivity index is 2.70. The van der Waals surface area contributed by atoms with Gasteiger partial charge < -0.3 is 9.84 Å². The van der Waals surface area contributed by atoms with Gasteiger partial charge in [0.15, 0.2) is 0 Å². The van der Waals surface area contributed by atoms with E-state index >= 15 is 0 Å². The maximum absolute atomic E-state index is 11.3. The molecule has 0 aliphatic rings. The summed E-state index contributed by atoms with van der Waals surface area (Å²) in [6.07, 6.45) is 0. The van der Waals surface area contributed by atoms with E-state index in [2.05, 4.69) is 9.57 Å². The molecule has 0 radical (unpaired) electrons. The van der Waals surface area contributed by atoms with E-state index < -0.39 is 17.0 Å². The molecule has 0 saturated heterocycles. The molecule has 96 valence electrons. The molecular weight excluding hydrogens is 246 g/mol. The molecule has 1 aromatic carbocycles. The molecule has 0 aliphatic carbocycles. The van der Waals surface area contributed by atoms with E-state index in [1.807, 2.05) is 0 Å². The van der Waals surface area contributed by atoms with Crippen LogP contribution in [0.25, 0.3) is 0 Å².